The van der Waals surface area contributed by atoms with E-state index in [-0.39, 0.29) is 10.9 Å². The van der Waals surface area contributed by atoms with E-state index in [9.17, 15) is 8.42 Å². The van der Waals surface area contributed by atoms with Crippen LogP contribution in [0.1, 0.15) is 17.2 Å². The van der Waals surface area contributed by atoms with Gasteiger partial charge in [-0.1, -0.05) is 24.3 Å². The zero-order valence-electron chi connectivity index (χ0n) is 11.9. The predicted molar refractivity (Wildman–Crippen MR) is 81.7 cm³/mol. The first-order chi connectivity index (χ1) is 9.95. The van der Waals surface area contributed by atoms with Gasteiger partial charge in [0.15, 0.2) is 9.84 Å². The molecule has 1 unspecified atom stereocenters. The third-order valence-electron chi connectivity index (χ3n) is 3.21. The molecule has 6 heteroatoms. The second-order valence-electron chi connectivity index (χ2n) is 4.72. The molecule has 0 amide bonds. The van der Waals surface area contributed by atoms with Gasteiger partial charge in [0.05, 0.1) is 18.0 Å². The number of nitrogens with two attached hydrogens (primary N) is 1. The molecule has 1 atom stereocenters. The number of benzene rings is 2. The van der Waals surface area contributed by atoms with E-state index in [0.29, 0.717) is 5.75 Å². The molecule has 0 saturated carbocycles. The summed E-state index contributed by atoms with van der Waals surface area (Å²) in [6.07, 6.45) is 1.18. The third-order valence-corrected chi connectivity index (χ3v) is 4.32. The molecule has 0 aliphatic rings. The lowest BCUT2D eigenvalue weighted by molar-refractivity contribution is 0.413. The van der Waals surface area contributed by atoms with Gasteiger partial charge in [0, 0.05) is 6.26 Å². The van der Waals surface area contributed by atoms with Gasteiger partial charge in [-0.05, 0) is 35.4 Å². The summed E-state index contributed by atoms with van der Waals surface area (Å²) in [5.41, 5.74) is 4.38. The lowest BCUT2D eigenvalue weighted by Gasteiger charge is -2.18. The molecule has 0 bridgehead atoms. The Bertz CT molecular complexity index is 729. The van der Waals surface area contributed by atoms with Crippen LogP contribution in [0.5, 0.6) is 5.75 Å². The normalized spacial score (nSPS) is 12.9. The molecule has 0 aliphatic heterocycles. The third kappa shape index (κ3) is 3.60. The molecule has 5 nitrogen and oxygen atoms in total. The van der Waals surface area contributed by atoms with E-state index >= 15 is 0 Å². The van der Waals surface area contributed by atoms with Gasteiger partial charge in [-0.2, -0.15) is 0 Å². The lowest BCUT2D eigenvalue weighted by atomic mass is 9.99. The molecule has 2 aromatic rings. The largest absolute Gasteiger partial charge is 0.497 e. The summed E-state index contributed by atoms with van der Waals surface area (Å²) in [4.78, 5) is 0.267. The van der Waals surface area contributed by atoms with Crippen molar-refractivity contribution in [3.05, 3.63) is 59.7 Å². The van der Waals surface area contributed by atoms with Crippen molar-refractivity contribution < 1.29 is 13.2 Å². The summed E-state index contributed by atoms with van der Waals surface area (Å²) < 4.78 is 28.5. The Morgan fingerprint density at radius 3 is 2.29 bits per heavy atom. The average molecular weight is 306 g/mol. The van der Waals surface area contributed by atoms with Crippen molar-refractivity contribution in [1.29, 1.82) is 0 Å². The van der Waals surface area contributed by atoms with E-state index in [1.165, 1.54) is 6.26 Å². The van der Waals surface area contributed by atoms with Crippen LogP contribution in [0, 0.1) is 0 Å². The number of sulfone groups is 1. The van der Waals surface area contributed by atoms with Crippen molar-refractivity contribution >= 4 is 9.84 Å². The van der Waals surface area contributed by atoms with Gasteiger partial charge in [-0.3, -0.25) is 5.84 Å². The number of hydrogen-bond donors (Lipinski definition) is 2. The highest BCUT2D eigenvalue weighted by molar-refractivity contribution is 7.90. The summed E-state index contributed by atoms with van der Waals surface area (Å²) in [5.74, 6) is 6.36. The van der Waals surface area contributed by atoms with Gasteiger partial charge in [0.2, 0.25) is 0 Å². The summed E-state index contributed by atoms with van der Waals surface area (Å²) in [5, 5.41) is 0. The monoisotopic (exact) mass is 306 g/mol. The van der Waals surface area contributed by atoms with Crippen LogP contribution in [0.15, 0.2) is 53.4 Å². The van der Waals surface area contributed by atoms with Crippen LogP contribution in [-0.4, -0.2) is 21.8 Å². The Morgan fingerprint density at radius 2 is 1.71 bits per heavy atom. The van der Waals surface area contributed by atoms with Crippen molar-refractivity contribution in [1.82, 2.24) is 5.43 Å². The highest BCUT2D eigenvalue weighted by Crippen LogP contribution is 2.26. The van der Waals surface area contributed by atoms with Crippen LogP contribution in [0.2, 0.25) is 0 Å². The SMILES string of the molecule is COc1cccc(C(NN)c2cccc(S(C)(=O)=O)c2)c1. The number of hydrogen-bond acceptors (Lipinski definition) is 5. The number of hydrazine groups is 1. The molecule has 0 heterocycles. The molecule has 112 valence electrons. The minimum Gasteiger partial charge on any atom is -0.497 e. The van der Waals surface area contributed by atoms with E-state index in [2.05, 4.69) is 5.43 Å². The second kappa shape index (κ2) is 6.26. The molecule has 3 N–H and O–H groups in total. The Kier molecular flexibility index (Phi) is 4.62. The van der Waals surface area contributed by atoms with Gasteiger partial charge in [-0.25, -0.2) is 13.8 Å². The molecule has 0 saturated heterocycles. The minimum atomic E-state index is -3.26. The fourth-order valence-corrected chi connectivity index (χ4v) is 2.81. The second-order valence-corrected chi connectivity index (χ2v) is 6.74. The molecule has 2 aromatic carbocycles. The van der Waals surface area contributed by atoms with Crippen LogP contribution < -0.4 is 16.0 Å². The van der Waals surface area contributed by atoms with Crippen LogP contribution >= 0.6 is 0 Å². The van der Waals surface area contributed by atoms with Crippen molar-refractivity contribution in [2.24, 2.45) is 5.84 Å². The van der Waals surface area contributed by atoms with Gasteiger partial charge >= 0.3 is 0 Å². The topological polar surface area (TPSA) is 81.4 Å². The van der Waals surface area contributed by atoms with Crippen LogP contribution in [0.4, 0.5) is 0 Å². The number of ether oxygens (including phenoxy) is 1. The zero-order chi connectivity index (χ0) is 15.5. The molecular formula is C15H18N2O3S. The van der Waals surface area contributed by atoms with E-state index in [0.717, 1.165) is 11.1 Å². The number of nitrogens with one attached hydrogen (secondary N) is 1. The number of methoxy groups -OCH3 is 1. The van der Waals surface area contributed by atoms with E-state index in [1.807, 2.05) is 30.3 Å². The first-order valence-electron chi connectivity index (χ1n) is 6.36. The van der Waals surface area contributed by atoms with E-state index in [4.69, 9.17) is 10.6 Å². The minimum absolute atomic E-state index is 0.267. The van der Waals surface area contributed by atoms with Gasteiger partial charge in [0.25, 0.3) is 0 Å². The summed E-state index contributed by atoms with van der Waals surface area (Å²) in [6.45, 7) is 0. The van der Waals surface area contributed by atoms with Crippen molar-refractivity contribution in [2.45, 2.75) is 10.9 Å². The van der Waals surface area contributed by atoms with Crippen molar-refractivity contribution in [2.75, 3.05) is 13.4 Å². The maximum Gasteiger partial charge on any atom is 0.175 e. The van der Waals surface area contributed by atoms with Gasteiger partial charge in [0.1, 0.15) is 5.75 Å². The number of rotatable bonds is 5. The van der Waals surface area contributed by atoms with Crippen molar-refractivity contribution in [3.63, 3.8) is 0 Å². The fourth-order valence-electron chi connectivity index (χ4n) is 2.13. The summed E-state index contributed by atoms with van der Waals surface area (Å²) >= 11 is 0. The lowest BCUT2D eigenvalue weighted by Crippen LogP contribution is -2.29. The Labute approximate surface area is 124 Å². The van der Waals surface area contributed by atoms with Crippen LogP contribution in [0.25, 0.3) is 0 Å². The molecule has 21 heavy (non-hydrogen) atoms. The first kappa shape index (κ1) is 15.5. The van der Waals surface area contributed by atoms with E-state index < -0.39 is 9.84 Å². The molecule has 2 rings (SSSR count). The zero-order valence-corrected chi connectivity index (χ0v) is 12.7. The maximum absolute atomic E-state index is 11.7. The average Bonchev–Trinajstić information content (AvgIpc) is 2.48. The van der Waals surface area contributed by atoms with Gasteiger partial charge in [-0.15, -0.1) is 0 Å². The Balaban J connectivity index is 2.46. The Morgan fingerprint density at radius 1 is 1.10 bits per heavy atom. The van der Waals surface area contributed by atoms with E-state index in [1.54, 1.807) is 25.3 Å². The standard InChI is InChI=1S/C15H18N2O3S/c1-20-13-7-3-5-11(9-13)15(17-16)12-6-4-8-14(10-12)21(2,18)19/h3-10,15,17H,16H2,1-2H3. The molecule has 0 aliphatic carbocycles. The summed E-state index contributed by atoms with van der Waals surface area (Å²) in [7, 11) is -1.66. The van der Waals surface area contributed by atoms with Crippen LogP contribution in [0.3, 0.4) is 0 Å². The predicted octanol–water partition coefficient (Wildman–Crippen LogP) is 1.65. The summed E-state index contributed by atoms with van der Waals surface area (Å²) in [6, 6.07) is 13.9. The quantitative estimate of drug-likeness (QED) is 0.648. The fraction of sp³-hybridized carbons (Fsp3) is 0.200. The smallest absolute Gasteiger partial charge is 0.175 e. The molecule has 0 spiro atoms. The van der Waals surface area contributed by atoms with Crippen LogP contribution in [-0.2, 0) is 9.84 Å². The molecule has 0 radical (unpaired) electrons. The Hall–Kier alpha value is -1.89. The highest BCUT2D eigenvalue weighted by atomic mass is 32.2. The molecule has 0 aromatic heterocycles. The first-order valence-corrected chi connectivity index (χ1v) is 8.25. The maximum atomic E-state index is 11.7. The highest BCUT2D eigenvalue weighted by Gasteiger charge is 2.15. The molecular weight excluding hydrogens is 288 g/mol. The van der Waals surface area contributed by atoms with Gasteiger partial charge < -0.3 is 4.74 Å². The van der Waals surface area contributed by atoms with Crippen molar-refractivity contribution in [3.8, 4) is 5.75 Å². The molecule has 0 fully saturated rings.